The molecule has 1 aromatic carbocycles. The number of carbonyl (C=O) groups is 1. The largest absolute Gasteiger partial charge is 0.335 e. The minimum absolute atomic E-state index is 0.111. The lowest BCUT2D eigenvalue weighted by Crippen LogP contribution is -2.42. The quantitative estimate of drug-likeness (QED) is 0.765. The van der Waals surface area contributed by atoms with Crippen LogP contribution in [-0.2, 0) is 16.6 Å². The molecule has 2 aliphatic heterocycles. The van der Waals surface area contributed by atoms with Crippen LogP contribution in [0.4, 0.5) is 0 Å². The molecule has 0 saturated carbocycles. The van der Waals surface area contributed by atoms with E-state index in [-0.39, 0.29) is 23.4 Å². The zero-order chi connectivity index (χ0) is 18.5. The molecule has 26 heavy (non-hydrogen) atoms. The van der Waals surface area contributed by atoms with Gasteiger partial charge in [-0.1, -0.05) is 12.1 Å². The van der Waals surface area contributed by atoms with Gasteiger partial charge in [0, 0.05) is 19.6 Å². The summed E-state index contributed by atoms with van der Waals surface area (Å²) in [5, 5.41) is 0. The summed E-state index contributed by atoms with van der Waals surface area (Å²) in [6.07, 6.45) is 4.66. The first kappa shape index (κ1) is 17.2. The number of rotatable bonds is 1. The van der Waals surface area contributed by atoms with E-state index < -0.39 is 10.0 Å². The Morgan fingerprint density at radius 2 is 2.00 bits per heavy atom. The van der Waals surface area contributed by atoms with Gasteiger partial charge in [0.05, 0.1) is 17.9 Å². The van der Waals surface area contributed by atoms with Crippen molar-refractivity contribution in [3.8, 4) is 5.69 Å². The van der Waals surface area contributed by atoms with Crippen molar-refractivity contribution in [3.63, 3.8) is 0 Å². The monoisotopic (exact) mass is 374 g/mol. The van der Waals surface area contributed by atoms with Gasteiger partial charge >= 0.3 is 0 Å². The molecule has 138 valence electrons. The number of imidazole rings is 1. The molecule has 0 aliphatic carbocycles. The van der Waals surface area contributed by atoms with E-state index in [9.17, 15) is 13.2 Å². The molecule has 1 fully saturated rings. The third kappa shape index (κ3) is 2.55. The smallest absolute Gasteiger partial charge is 0.274 e. The zero-order valence-electron chi connectivity index (χ0n) is 14.9. The molecule has 1 aromatic heterocycles. The summed E-state index contributed by atoms with van der Waals surface area (Å²) in [4.78, 5) is 19.6. The van der Waals surface area contributed by atoms with E-state index in [2.05, 4.69) is 11.9 Å². The van der Waals surface area contributed by atoms with Crippen molar-refractivity contribution >= 4 is 15.9 Å². The molecule has 1 amide bonds. The van der Waals surface area contributed by atoms with Gasteiger partial charge in [0.15, 0.2) is 5.69 Å². The average molecular weight is 374 g/mol. The molecule has 1 saturated heterocycles. The van der Waals surface area contributed by atoms with Gasteiger partial charge in [-0.05, 0) is 38.3 Å². The van der Waals surface area contributed by atoms with Crippen molar-refractivity contribution in [1.29, 1.82) is 0 Å². The van der Waals surface area contributed by atoms with Crippen molar-refractivity contribution in [1.82, 2.24) is 18.8 Å². The van der Waals surface area contributed by atoms with Crippen LogP contribution in [0.5, 0.6) is 0 Å². The lowest BCUT2D eigenvalue weighted by Gasteiger charge is -2.33. The standard InChI is InChI=1S/C18H22N4O3S/c1-13-7-5-6-10-21(13)18(23)17-15-11-20(2)26(24,25)16-9-4-3-8-14(16)22(15)12-19-17/h3-4,8-9,12-13H,5-7,10-11H2,1-2H3. The van der Waals surface area contributed by atoms with Crippen LogP contribution in [0.15, 0.2) is 35.5 Å². The molecular formula is C18H22N4O3S. The summed E-state index contributed by atoms with van der Waals surface area (Å²) in [6.45, 7) is 2.88. The van der Waals surface area contributed by atoms with E-state index in [1.54, 1.807) is 35.2 Å². The van der Waals surface area contributed by atoms with Crippen molar-refractivity contribution in [2.24, 2.45) is 0 Å². The van der Waals surface area contributed by atoms with Crippen LogP contribution in [0.25, 0.3) is 5.69 Å². The molecule has 8 heteroatoms. The second-order valence-corrected chi connectivity index (χ2v) is 9.00. The van der Waals surface area contributed by atoms with E-state index in [1.807, 2.05) is 4.90 Å². The van der Waals surface area contributed by atoms with Crippen molar-refractivity contribution in [2.45, 2.75) is 43.7 Å². The first-order valence-corrected chi connectivity index (χ1v) is 10.3. The van der Waals surface area contributed by atoms with Crippen molar-refractivity contribution in [3.05, 3.63) is 42.0 Å². The van der Waals surface area contributed by atoms with Crippen LogP contribution in [-0.4, -0.2) is 52.7 Å². The van der Waals surface area contributed by atoms with Gasteiger partial charge in [0.1, 0.15) is 11.2 Å². The Kier molecular flexibility index (Phi) is 4.11. The van der Waals surface area contributed by atoms with Gasteiger partial charge < -0.3 is 4.90 Å². The molecule has 0 bridgehead atoms. The number of amides is 1. The normalized spacial score (nSPS) is 22.4. The molecule has 0 radical (unpaired) electrons. The Morgan fingerprint density at radius 3 is 2.77 bits per heavy atom. The summed E-state index contributed by atoms with van der Waals surface area (Å²) < 4.78 is 28.7. The van der Waals surface area contributed by atoms with Crippen LogP contribution in [0.3, 0.4) is 0 Å². The topological polar surface area (TPSA) is 75.5 Å². The number of aromatic nitrogens is 2. The highest BCUT2D eigenvalue weighted by molar-refractivity contribution is 7.89. The van der Waals surface area contributed by atoms with Crippen LogP contribution in [0.1, 0.15) is 42.4 Å². The Labute approximate surface area is 153 Å². The minimum atomic E-state index is -3.61. The van der Waals surface area contributed by atoms with Crippen LogP contribution in [0.2, 0.25) is 0 Å². The molecule has 0 N–H and O–H groups in total. The molecule has 3 heterocycles. The predicted molar refractivity (Wildman–Crippen MR) is 96.6 cm³/mol. The summed E-state index contributed by atoms with van der Waals surface area (Å²) in [5.74, 6) is -0.115. The SMILES string of the molecule is CC1CCCCN1C(=O)c1ncn2c1CN(C)S(=O)(=O)c1ccccc1-2. The molecule has 1 unspecified atom stereocenters. The van der Waals surface area contributed by atoms with E-state index in [0.717, 1.165) is 25.8 Å². The summed E-state index contributed by atoms with van der Waals surface area (Å²) in [7, 11) is -2.08. The molecule has 0 spiro atoms. The number of hydrogen-bond acceptors (Lipinski definition) is 4. The molecule has 2 aliphatic rings. The number of likely N-dealkylation sites (tertiary alicyclic amines) is 1. The first-order chi connectivity index (χ1) is 12.4. The van der Waals surface area contributed by atoms with Crippen LogP contribution in [0, 0.1) is 0 Å². The summed E-state index contributed by atoms with van der Waals surface area (Å²) in [5.41, 5.74) is 1.49. The van der Waals surface area contributed by atoms with Crippen molar-refractivity contribution < 1.29 is 13.2 Å². The lowest BCUT2D eigenvalue weighted by molar-refractivity contribution is 0.0628. The lowest BCUT2D eigenvalue weighted by atomic mass is 10.0. The third-order valence-corrected chi connectivity index (χ3v) is 7.17. The highest BCUT2D eigenvalue weighted by atomic mass is 32.2. The van der Waals surface area contributed by atoms with Gasteiger partial charge in [0.25, 0.3) is 5.91 Å². The Morgan fingerprint density at radius 1 is 1.23 bits per heavy atom. The Balaban J connectivity index is 1.84. The number of hydrogen-bond donors (Lipinski definition) is 0. The maximum atomic E-state index is 13.1. The fourth-order valence-electron chi connectivity index (χ4n) is 3.79. The third-order valence-electron chi connectivity index (χ3n) is 5.32. The average Bonchev–Trinajstić information content (AvgIpc) is 3.01. The van der Waals surface area contributed by atoms with Crippen LogP contribution >= 0.6 is 0 Å². The van der Waals surface area contributed by atoms with E-state index in [0.29, 0.717) is 17.1 Å². The number of para-hydroxylation sites is 1. The highest BCUT2D eigenvalue weighted by Crippen LogP contribution is 2.31. The van der Waals surface area contributed by atoms with E-state index >= 15 is 0 Å². The summed E-state index contributed by atoms with van der Waals surface area (Å²) in [6, 6.07) is 7.00. The molecule has 4 rings (SSSR count). The van der Waals surface area contributed by atoms with E-state index in [4.69, 9.17) is 0 Å². The van der Waals surface area contributed by atoms with Crippen molar-refractivity contribution in [2.75, 3.05) is 13.6 Å². The number of sulfonamides is 1. The predicted octanol–water partition coefficient (Wildman–Crippen LogP) is 2.02. The maximum absolute atomic E-state index is 13.1. The maximum Gasteiger partial charge on any atom is 0.274 e. The highest BCUT2D eigenvalue weighted by Gasteiger charge is 2.34. The number of nitrogens with zero attached hydrogens (tertiary/aromatic N) is 4. The number of benzene rings is 1. The van der Waals surface area contributed by atoms with E-state index in [1.165, 1.54) is 11.4 Å². The van der Waals surface area contributed by atoms with Gasteiger partial charge in [-0.15, -0.1) is 0 Å². The fourth-order valence-corrected chi connectivity index (χ4v) is 5.09. The van der Waals surface area contributed by atoms with Gasteiger partial charge in [0.2, 0.25) is 10.0 Å². The number of carbonyl (C=O) groups excluding carboxylic acids is 1. The zero-order valence-corrected chi connectivity index (χ0v) is 15.7. The number of fused-ring (bicyclic) bond motifs is 3. The van der Waals surface area contributed by atoms with Gasteiger partial charge in [-0.25, -0.2) is 13.4 Å². The van der Waals surface area contributed by atoms with Gasteiger partial charge in [-0.3, -0.25) is 9.36 Å². The molecular weight excluding hydrogens is 352 g/mol. The fraction of sp³-hybridized carbons (Fsp3) is 0.444. The molecule has 7 nitrogen and oxygen atoms in total. The first-order valence-electron chi connectivity index (χ1n) is 8.84. The van der Waals surface area contributed by atoms with Crippen LogP contribution < -0.4 is 0 Å². The Bertz CT molecular complexity index is 967. The molecule has 1 atom stereocenters. The second-order valence-electron chi connectivity index (χ2n) is 6.98. The second kappa shape index (κ2) is 6.21. The van der Waals surface area contributed by atoms with Gasteiger partial charge in [-0.2, -0.15) is 4.31 Å². The number of piperidine rings is 1. The molecule has 2 aromatic rings. The minimum Gasteiger partial charge on any atom is -0.335 e. The Hall–Kier alpha value is -2.19. The summed E-state index contributed by atoms with van der Waals surface area (Å²) >= 11 is 0.